The maximum absolute atomic E-state index is 5.00. The largest absolute Gasteiger partial charge is 0.296 e. The van der Waals surface area contributed by atoms with Gasteiger partial charge in [0.05, 0.1) is 23.1 Å². The number of imidazole rings is 1. The fourth-order valence-electron chi connectivity index (χ4n) is 3.84. The molecule has 0 bridgehead atoms. The van der Waals surface area contributed by atoms with Crippen LogP contribution in [-0.2, 0) is 6.54 Å². The molecule has 0 radical (unpaired) electrons. The van der Waals surface area contributed by atoms with Crippen molar-refractivity contribution in [3.63, 3.8) is 0 Å². The fraction of sp³-hybridized carbons (Fsp3) is 0.300. The maximum atomic E-state index is 5.00. The van der Waals surface area contributed by atoms with Gasteiger partial charge in [0.1, 0.15) is 11.5 Å². The van der Waals surface area contributed by atoms with Gasteiger partial charge in [0, 0.05) is 5.39 Å². The van der Waals surface area contributed by atoms with Crippen LogP contribution in [0.2, 0.25) is 0 Å². The second-order valence-electron chi connectivity index (χ2n) is 6.64. The van der Waals surface area contributed by atoms with Crippen molar-refractivity contribution in [3.05, 3.63) is 54.4 Å². The second-order valence-corrected chi connectivity index (χ2v) is 6.64. The lowest BCUT2D eigenvalue weighted by Crippen LogP contribution is -2.30. The van der Waals surface area contributed by atoms with Gasteiger partial charge >= 0.3 is 0 Å². The van der Waals surface area contributed by atoms with Crippen molar-refractivity contribution in [3.8, 4) is 0 Å². The quantitative estimate of drug-likeness (QED) is 0.560. The number of aromatic nitrogens is 3. The molecule has 4 aromatic rings. The van der Waals surface area contributed by atoms with Gasteiger partial charge < -0.3 is 0 Å². The molecule has 120 valence electrons. The summed E-state index contributed by atoms with van der Waals surface area (Å²) in [5, 5.41) is 1.12. The number of likely N-dealkylation sites (tertiary alicyclic amines) is 1. The Kier molecular flexibility index (Phi) is 3.23. The molecule has 3 heterocycles. The van der Waals surface area contributed by atoms with E-state index in [2.05, 4.69) is 57.8 Å². The number of piperidine rings is 1. The van der Waals surface area contributed by atoms with Gasteiger partial charge in [0.15, 0.2) is 0 Å². The van der Waals surface area contributed by atoms with Gasteiger partial charge in [-0.05, 0) is 50.2 Å². The van der Waals surface area contributed by atoms with Crippen molar-refractivity contribution < 1.29 is 0 Å². The molecule has 1 fully saturated rings. The molecule has 1 saturated heterocycles. The van der Waals surface area contributed by atoms with E-state index in [4.69, 9.17) is 9.97 Å². The van der Waals surface area contributed by atoms with Gasteiger partial charge in [0.2, 0.25) is 0 Å². The molecule has 1 aliphatic heterocycles. The average Bonchev–Trinajstić information content (AvgIpc) is 3.03. The highest BCUT2D eigenvalue weighted by Crippen LogP contribution is 2.25. The van der Waals surface area contributed by atoms with Crippen molar-refractivity contribution in [2.45, 2.75) is 25.8 Å². The van der Waals surface area contributed by atoms with Crippen LogP contribution in [0.1, 0.15) is 25.1 Å². The van der Waals surface area contributed by atoms with E-state index in [-0.39, 0.29) is 0 Å². The van der Waals surface area contributed by atoms with Crippen molar-refractivity contribution in [2.75, 3.05) is 13.1 Å². The molecule has 0 spiro atoms. The molecule has 2 aromatic carbocycles. The Morgan fingerprint density at radius 1 is 0.792 bits per heavy atom. The molecule has 0 amide bonds. The third kappa shape index (κ3) is 2.18. The van der Waals surface area contributed by atoms with Crippen molar-refractivity contribution in [1.29, 1.82) is 0 Å². The zero-order chi connectivity index (χ0) is 15.9. The lowest BCUT2D eigenvalue weighted by atomic mass is 10.1. The highest BCUT2D eigenvalue weighted by molar-refractivity contribution is 5.96. The van der Waals surface area contributed by atoms with E-state index in [9.17, 15) is 0 Å². The van der Waals surface area contributed by atoms with Crippen LogP contribution in [0.25, 0.3) is 27.6 Å². The van der Waals surface area contributed by atoms with Crippen LogP contribution >= 0.6 is 0 Å². The molecule has 1 aliphatic rings. The molecule has 0 aliphatic carbocycles. The summed E-state index contributed by atoms with van der Waals surface area (Å²) < 4.78 is 2.26. The van der Waals surface area contributed by atoms with Crippen molar-refractivity contribution >= 4 is 27.6 Å². The first-order valence-corrected chi connectivity index (χ1v) is 8.77. The average molecular weight is 316 g/mol. The van der Waals surface area contributed by atoms with Crippen LogP contribution in [0.3, 0.4) is 0 Å². The van der Waals surface area contributed by atoms with Crippen LogP contribution in [0.15, 0.2) is 48.5 Å². The Morgan fingerprint density at radius 3 is 2.42 bits per heavy atom. The molecule has 0 saturated carbocycles. The normalized spacial score (nSPS) is 16.3. The predicted molar refractivity (Wildman–Crippen MR) is 97.1 cm³/mol. The minimum Gasteiger partial charge on any atom is -0.296 e. The zero-order valence-electron chi connectivity index (χ0n) is 13.7. The van der Waals surface area contributed by atoms with E-state index >= 15 is 0 Å². The highest BCUT2D eigenvalue weighted by Gasteiger charge is 2.17. The molecule has 4 heteroatoms. The molecule has 0 N–H and O–H groups in total. The molecule has 5 rings (SSSR count). The Labute approximate surface area is 140 Å². The molecule has 24 heavy (non-hydrogen) atoms. The number of para-hydroxylation sites is 3. The minimum absolute atomic E-state index is 0.891. The second kappa shape index (κ2) is 5.56. The van der Waals surface area contributed by atoms with E-state index in [0.717, 1.165) is 40.0 Å². The van der Waals surface area contributed by atoms with E-state index in [1.165, 1.54) is 32.4 Å². The predicted octanol–water partition coefficient (Wildman–Crippen LogP) is 4.02. The molecule has 0 unspecified atom stereocenters. The summed E-state index contributed by atoms with van der Waals surface area (Å²) in [4.78, 5) is 12.4. The zero-order valence-corrected chi connectivity index (χ0v) is 13.7. The number of hydrogen-bond donors (Lipinski definition) is 0. The summed E-state index contributed by atoms with van der Waals surface area (Å²) >= 11 is 0. The molecule has 4 nitrogen and oxygen atoms in total. The van der Waals surface area contributed by atoms with Gasteiger partial charge in [-0.3, -0.25) is 9.30 Å². The Hall–Kier alpha value is -2.46. The summed E-state index contributed by atoms with van der Waals surface area (Å²) in [5.74, 6) is 1.10. The van der Waals surface area contributed by atoms with Gasteiger partial charge in [-0.2, -0.15) is 0 Å². The maximum Gasteiger partial charge on any atom is 0.148 e. The van der Waals surface area contributed by atoms with Gasteiger partial charge in [-0.1, -0.05) is 30.7 Å². The summed E-state index contributed by atoms with van der Waals surface area (Å²) in [5.41, 5.74) is 4.24. The molecule has 2 aromatic heterocycles. The monoisotopic (exact) mass is 316 g/mol. The van der Waals surface area contributed by atoms with Gasteiger partial charge in [0.25, 0.3) is 0 Å². The Bertz CT molecular complexity index is 1030. The molecular formula is C20H20N4. The minimum atomic E-state index is 0.891. The standard InChI is InChI=1S/C20H20N4/c1-6-12-23(13-7-1)14-19-21-16-9-3-2-8-15(16)20-22-17-10-4-5-11-18(17)24(19)20/h2-5,8-11H,1,6-7,12-14H2. The smallest absolute Gasteiger partial charge is 0.148 e. The summed E-state index contributed by atoms with van der Waals surface area (Å²) in [6.07, 6.45) is 3.94. The molecule has 0 atom stereocenters. The van der Waals surface area contributed by atoms with E-state index in [1.807, 2.05) is 0 Å². The molecular weight excluding hydrogens is 296 g/mol. The number of fused-ring (bicyclic) bond motifs is 5. The summed E-state index contributed by atoms with van der Waals surface area (Å²) in [6.45, 7) is 3.23. The lowest BCUT2D eigenvalue weighted by molar-refractivity contribution is 0.215. The number of rotatable bonds is 2. The Morgan fingerprint density at radius 2 is 1.54 bits per heavy atom. The van der Waals surface area contributed by atoms with Crippen LogP contribution < -0.4 is 0 Å². The number of hydrogen-bond acceptors (Lipinski definition) is 3. The third-order valence-electron chi connectivity index (χ3n) is 5.03. The van der Waals surface area contributed by atoms with Crippen molar-refractivity contribution in [2.24, 2.45) is 0 Å². The first kappa shape index (κ1) is 13.9. The van der Waals surface area contributed by atoms with Crippen LogP contribution in [0, 0.1) is 0 Å². The first-order valence-electron chi connectivity index (χ1n) is 8.77. The van der Waals surface area contributed by atoms with E-state index in [1.54, 1.807) is 0 Å². The summed E-state index contributed by atoms with van der Waals surface area (Å²) in [7, 11) is 0. The van der Waals surface area contributed by atoms with E-state index < -0.39 is 0 Å². The summed E-state index contributed by atoms with van der Waals surface area (Å²) in [6, 6.07) is 16.7. The first-order chi connectivity index (χ1) is 11.9. The van der Waals surface area contributed by atoms with Gasteiger partial charge in [-0.15, -0.1) is 0 Å². The SMILES string of the molecule is c1ccc2c(c1)nc(CN1CCCCC1)n1c3ccccc3nc21. The fourth-order valence-corrected chi connectivity index (χ4v) is 3.84. The van der Waals surface area contributed by atoms with Crippen molar-refractivity contribution in [1.82, 2.24) is 19.3 Å². The number of nitrogens with zero attached hydrogens (tertiary/aromatic N) is 4. The van der Waals surface area contributed by atoms with Crippen LogP contribution in [-0.4, -0.2) is 32.4 Å². The number of benzene rings is 2. The van der Waals surface area contributed by atoms with Crippen LogP contribution in [0.4, 0.5) is 0 Å². The lowest BCUT2D eigenvalue weighted by Gasteiger charge is -2.26. The van der Waals surface area contributed by atoms with Crippen LogP contribution in [0.5, 0.6) is 0 Å². The topological polar surface area (TPSA) is 33.4 Å². The third-order valence-corrected chi connectivity index (χ3v) is 5.03. The van der Waals surface area contributed by atoms with E-state index in [0.29, 0.717) is 0 Å². The highest BCUT2D eigenvalue weighted by atomic mass is 15.2. The Balaban J connectivity index is 1.79. The van der Waals surface area contributed by atoms with Gasteiger partial charge in [-0.25, -0.2) is 9.97 Å².